The second kappa shape index (κ2) is 69.4. The lowest BCUT2D eigenvalue weighted by atomic mass is 10.0. The highest BCUT2D eigenvalue weighted by atomic mass is 31.2. The molecule has 0 spiro atoms. The van der Waals surface area contributed by atoms with E-state index in [9.17, 15) is 43.2 Å². The molecule has 0 heterocycles. The second-order valence-corrected chi connectivity index (χ2v) is 32.8. The van der Waals surface area contributed by atoms with Crippen LogP contribution in [-0.4, -0.2) is 96.7 Å². The van der Waals surface area contributed by atoms with Gasteiger partial charge in [0.15, 0.2) is 12.2 Å². The van der Waals surface area contributed by atoms with Gasteiger partial charge in [0.05, 0.1) is 26.4 Å². The number of aliphatic hydroxyl groups is 1. The number of phosphoric ester groups is 2. The molecule has 0 aliphatic heterocycles. The fourth-order valence-electron chi connectivity index (χ4n) is 12.1. The van der Waals surface area contributed by atoms with Gasteiger partial charge in [-0.15, -0.1) is 0 Å². The topological polar surface area (TPSA) is 237 Å². The molecular weight excluding hydrogens is 1280 g/mol. The first-order valence-electron chi connectivity index (χ1n) is 40.8. The van der Waals surface area contributed by atoms with Crippen LogP contribution >= 0.6 is 15.6 Å². The molecule has 0 amide bonds. The molecule has 0 aromatic carbocycles. The first-order chi connectivity index (χ1) is 47.2. The summed E-state index contributed by atoms with van der Waals surface area (Å²) in [6.45, 7) is 11.9. The quantitative estimate of drug-likeness (QED) is 0.0222. The molecule has 0 aromatic heterocycles. The molecule has 0 radical (unpaired) electrons. The van der Waals surface area contributed by atoms with Gasteiger partial charge in [-0.2, -0.15) is 0 Å². The van der Waals surface area contributed by atoms with Crippen molar-refractivity contribution in [1.82, 2.24) is 0 Å². The number of ether oxygens (including phenoxy) is 4. The molecular formula is C79H154O17P2. The number of esters is 4. The van der Waals surface area contributed by atoms with Gasteiger partial charge in [0.2, 0.25) is 0 Å². The molecule has 3 N–H and O–H groups in total. The van der Waals surface area contributed by atoms with E-state index >= 15 is 0 Å². The Morgan fingerprint density at radius 2 is 0.469 bits per heavy atom. The Morgan fingerprint density at radius 3 is 0.694 bits per heavy atom. The molecule has 0 rings (SSSR count). The van der Waals surface area contributed by atoms with Crippen molar-refractivity contribution in [2.45, 2.75) is 426 Å². The standard InChI is InChI=1S/C79H154O17P2/c1-8-9-10-11-12-13-14-21-29-34-39-48-55-62-79(84)96-75(67-90-77(82)61-54-47-42-41-45-52-59-72(6)7)69-94-98(87,88)92-65-73(80)64-91-97(85,86)93-68-74(66-89-76(81)60-53-46-38-33-28-24-20-19-23-27-32-37-44-51-58-71(4)5)95-78(83)63-56-49-40-35-30-25-18-16-15-17-22-26-31-36-43-50-57-70(2)3/h70-75,80H,8-69H2,1-7H3,(H,85,86)(H,87,88)/t73-,74-,75-/m1/s1. The summed E-state index contributed by atoms with van der Waals surface area (Å²) in [7, 11) is -9.92. The number of rotatable bonds is 77. The van der Waals surface area contributed by atoms with E-state index < -0.39 is 97.5 Å². The molecule has 2 unspecified atom stereocenters. The number of aliphatic hydroxyl groups excluding tert-OH is 1. The molecule has 0 aliphatic carbocycles. The van der Waals surface area contributed by atoms with Crippen LogP contribution in [-0.2, 0) is 65.4 Å². The van der Waals surface area contributed by atoms with Gasteiger partial charge >= 0.3 is 39.5 Å². The van der Waals surface area contributed by atoms with Crippen molar-refractivity contribution >= 4 is 39.5 Å². The predicted molar refractivity (Wildman–Crippen MR) is 400 cm³/mol. The fraction of sp³-hybridized carbons (Fsp3) is 0.949. The molecule has 19 heteroatoms. The van der Waals surface area contributed by atoms with E-state index in [0.717, 1.165) is 108 Å². The minimum atomic E-state index is -4.96. The maximum absolute atomic E-state index is 13.1. The Bertz CT molecular complexity index is 1900. The van der Waals surface area contributed by atoms with E-state index in [1.54, 1.807) is 0 Å². The third-order valence-corrected chi connectivity index (χ3v) is 20.3. The molecule has 0 saturated carbocycles. The number of unbranched alkanes of at least 4 members (excludes halogenated alkanes) is 45. The van der Waals surface area contributed by atoms with Crippen LogP contribution < -0.4 is 0 Å². The number of hydrogen-bond donors (Lipinski definition) is 3. The maximum atomic E-state index is 13.1. The SMILES string of the molecule is CCCCCCCCCCCCCCCC(=O)O[C@H](COC(=O)CCCCCCCCC(C)C)COP(=O)(O)OC[C@H](O)COP(=O)(O)OC[C@@H](COC(=O)CCCCCCCCCCCCCCCCC(C)C)OC(=O)CCCCCCCCCCCCCCCCCCC(C)C. The summed E-state index contributed by atoms with van der Waals surface area (Å²) in [5, 5.41) is 10.6. The Morgan fingerprint density at radius 1 is 0.276 bits per heavy atom. The van der Waals surface area contributed by atoms with Crippen LogP contribution in [0.2, 0.25) is 0 Å². The van der Waals surface area contributed by atoms with Crippen molar-refractivity contribution in [3.63, 3.8) is 0 Å². The lowest BCUT2D eigenvalue weighted by molar-refractivity contribution is -0.161. The largest absolute Gasteiger partial charge is 0.472 e. The molecule has 98 heavy (non-hydrogen) atoms. The van der Waals surface area contributed by atoms with Crippen LogP contribution in [0, 0.1) is 17.8 Å². The highest BCUT2D eigenvalue weighted by molar-refractivity contribution is 7.47. The lowest BCUT2D eigenvalue weighted by Crippen LogP contribution is -2.30. The molecule has 0 fully saturated rings. The number of carbonyl (C=O) groups excluding carboxylic acids is 4. The number of hydrogen-bond acceptors (Lipinski definition) is 15. The van der Waals surface area contributed by atoms with E-state index in [0.29, 0.717) is 31.6 Å². The Hall–Kier alpha value is -1.94. The normalized spacial score (nSPS) is 14.0. The zero-order valence-electron chi connectivity index (χ0n) is 64.3. The smallest absolute Gasteiger partial charge is 0.462 e. The van der Waals surface area contributed by atoms with Gasteiger partial charge in [-0.3, -0.25) is 37.3 Å². The summed E-state index contributed by atoms with van der Waals surface area (Å²) < 4.78 is 68.6. The summed E-state index contributed by atoms with van der Waals surface area (Å²) in [6, 6.07) is 0. The van der Waals surface area contributed by atoms with Crippen LogP contribution in [0.5, 0.6) is 0 Å². The van der Waals surface area contributed by atoms with Gasteiger partial charge in [-0.05, 0) is 43.4 Å². The summed E-state index contributed by atoms with van der Waals surface area (Å²) in [4.78, 5) is 72.9. The second-order valence-electron chi connectivity index (χ2n) is 29.9. The lowest BCUT2D eigenvalue weighted by Gasteiger charge is -2.21. The Balaban J connectivity index is 5.22. The molecule has 17 nitrogen and oxygen atoms in total. The van der Waals surface area contributed by atoms with Gasteiger partial charge in [-0.25, -0.2) is 9.13 Å². The average Bonchev–Trinajstić information content (AvgIpc) is 0.930. The van der Waals surface area contributed by atoms with Gasteiger partial charge < -0.3 is 33.8 Å². The first-order valence-corrected chi connectivity index (χ1v) is 43.8. The van der Waals surface area contributed by atoms with Gasteiger partial charge in [0, 0.05) is 25.7 Å². The van der Waals surface area contributed by atoms with Crippen LogP contribution in [0.15, 0.2) is 0 Å². The molecule has 0 bridgehead atoms. The molecule has 0 aliphatic rings. The zero-order chi connectivity index (χ0) is 72.3. The van der Waals surface area contributed by atoms with Crippen molar-refractivity contribution in [1.29, 1.82) is 0 Å². The highest BCUT2D eigenvalue weighted by Crippen LogP contribution is 2.45. The third-order valence-electron chi connectivity index (χ3n) is 18.4. The number of carbonyl (C=O) groups is 4. The summed E-state index contributed by atoms with van der Waals surface area (Å²) in [6.07, 6.45) is 57.0. The average molecular weight is 1440 g/mol. The van der Waals surface area contributed by atoms with E-state index in [-0.39, 0.29) is 25.7 Å². The monoisotopic (exact) mass is 1440 g/mol. The number of phosphoric acid groups is 2. The predicted octanol–water partition coefficient (Wildman–Crippen LogP) is 23.4. The van der Waals surface area contributed by atoms with E-state index in [4.69, 9.17) is 37.0 Å². The molecule has 0 aromatic rings. The van der Waals surface area contributed by atoms with Crippen LogP contribution in [0.25, 0.3) is 0 Å². The molecule has 0 saturated heterocycles. The molecule has 582 valence electrons. The highest BCUT2D eigenvalue weighted by Gasteiger charge is 2.30. The maximum Gasteiger partial charge on any atom is 0.472 e. The Labute approximate surface area is 600 Å². The summed E-state index contributed by atoms with van der Waals surface area (Å²) >= 11 is 0. The van der Waals surface area contributed by atoms with Gasteiger partial charge in [0.25, 0.3) is 0 Å². The fourth-order valence-corrected chi connectivity index (χ4v) is 13.7. The summed E-state index contributed by atoms with van der Waals surface area (Å²) in [5.74, 6) is 0.174. The zero-order valence-corrected chi connectivity index (χ0v) is 66.0. The minimum absolute atomic E-state index is 0.107. The minimum Gasteiger partial charge on any atom is -0.462 e. The van der Waals surface area contributed by atoms with E-state index in [1.165, 1.54) is 212 Å². The van der Waals surface area contributed by atoms with Crippen molar-refractivity contribution in [2.24, 2.45) is 17.8 Å². The van der Waals surface area contributed by atoms with Crippen molar-refractivity contribution < 1.29 is 80.2 Å². The van der Waals surface area contributed by atoms with Gasteiger partial charge in [0.1, 0.15) is 19.3 Å². The van der Waals surface area contributed by atoms with Crippen molar-refractivity contribution in [2.75, 3.05) is 39.6 Å². The van der Waals surface area contributed by atoms with Crippen molar-refractivity contribution in [3.8, 4) is 0 Å². The van der Waals surface area contributed by atoms with Crippen LogP contribution in [0.1, 0.15) is 408 Å². The van der Waals surface area contributed by atoms with Crippen LogP contribution in [0.4, 0.5) is 0 Å². The van der Waals surface area contributed by atoms with Gasteiger partial charge in [-0.1, -0.05) is 357 Å². The van der Waals surface area contributed by atoms with Crippen molar-refractivity contribution in [3.05, 3.63) is 0 Å². The third kappa shape index (κ3) is 72.4. The first kappa shape index (κ1) is 96.1. The summed E-state index contributed by atoms with van der Waals surface area (Å²) in [5.41, 5.74) is 0. The van der Waals surface area contributed by atoms with Crippen LogP contribution in [0.3, 0.4) is 0 Å². The van der Waals surface area contributed by atoms with E-state index in [1.807, 2.05) is 0 Å². The Kier molecular flexibility index (Phi) is 68.1. The van der Waals surface area contributed by atoms with E-state index in [2.05, 4.69) is 48.5 Å². The molecule has 5 atom stereocenters.